The fraction of sp³-hybridized carbons (Fsp3) is 0.188. The Morgan fingerprint density at radius 2 is 1.82 bits per heavy atom. The third-order valence-electron chi connectivity index (χ3n) is 7.15. The maximum Gasteiger partial charge on any atom is 0.251 e. The number of aromatic nitrogens is 3. The summed E-state index contributed by atoms with van der Waals surface area (Å²) in [6.07, 6.45) is 3.39. The molecule has 0 saturated carbocycles. The summed E-state index contributed by atoms with van der Waals surface area (Å²) in [6, 6.07) is 25.8. The second kappa shape index (κ2) is 11.0. The van der Waals surface area contributed by atoms with Crippen LogP contribution < -0.4 is 16.4 Å². The highest BCUT2D eigenvalue weighted by atomic mass is 32.2. The van der Waals surface area contributed by atoms with E-state index in [0.717, 1.165) is 39.4 Å². The zero-order chi connectivity index (χ0) is 27.6. The lowest BCUT2D eigenvalue weighted by Crippen LogP contribution is -2.27. The van der Waals surface area contributed by atoms with Crippen molar-refractivity contribution >= 4 is 45.9 Å². The van der Waals surface area contributed by atoms with Crippen molar-refractivity contribution in [2.24, 2.45) is 0 Å². The third kappa shape index (κ3) is 5.35. The van der Waals surface area contributed by atoms with Crippen molar-refractivity contribution in [2.45, 2.75) is 48.4 Å². The van der Waals surface area contributed by atoms with Gasteiger partial charge in [0.15, 0.2) is 5.65 Å². The molecule has 3 aromatic carbocycles. The van der Waals surface area contributed by atoms with Gasteiger partial charge in [0.1, 0.15) is 12.1 Å². The second-order valence-corrected chi connectivity index (χ2v) is 11.4. The van der Waals surface area contributed by atoms with Crippen molar-refractivity contribution in [3.63, 3.8) is 0 Å². The second-order valence-electron chi connectivity index (χ2n) is 10.3. The first-order chi connectivity index (χ1) is 19.4. The van der Waals surface area contributed by atoms with Gasteiger partial charge in [-0.1, -0.05) is 49.9 Å². The molecule has 200 valence electrons. The molecule has 0 bridgehead atoms. The van der Waals surface area contributed by atoms with Gasteiger partial charge in [-0.2, -0.15) is 0 Å². The number of carbonyl (C=O) groups is 1. The fourth-order valence-electron chi connectivity index (χ4n) is 4.98. The first-order valence-corrected chi connectivity index (χ1v) is 14.2. The average Bonchev–Trinajstić information content (AvgIpc) is 3.37. The van der Waals surface area contributed by atoms with Gasteiger partial charge < -0.3 is 16.4 Å². The first kappa shape index (κ1) is 25.8. The van der Waals surface area contributed by atoms with E-state index >= 15 is 0 Å². The molecule has 6 rings (SSSR count). The molecule has 7 nitrogen and oxygen atoms in total. The Labute approximate surface area is 237 Å². The Morgan fingerprint density at radius 1 is 1.00 bits per heavy atom. The molecule has 1 atom stereocenters. The summed E-state index contributed by atoms with van der Waals surface area (Å²) in [4.78, 5) is 29.1. The van der Waals surface area contributed by atoms with E-state index in [1.165, 1.54) is 17.5 Å². The lowest BCUT2D eigenvalue weighted by atomic mass is 10.1. The van der Waals surface area contributed by atoms with Gasteiger partial charge in [-0.25, -0.2) is 15.0 Å². The van der Waals surface area contributed by atoms with Gasteiger partial charge in [-0.05, 0) is 84.5 Å². The molecule has 0 saturated heterocycles. The minimum atomic E-state index is -0.107. The molecule has 40 heavy (non-hydrogen) atoms. The molecule has 0 aliphatic heterocycles. The van der Waals surface area contributed by atoms with Crippen LogP contribution >= 0.6 is 11.8 Å². The van der Waals surface area contributed by atoms with Gasteiger partial charge in [0, 0.05) is 26.7 Å². The quantitative estimate of drug-likeness (QED) is 0.188. The monoisotopic (exact) mass is 546 g/mol. The number of anilines is 3. The predicted octanol–water partition coefficient (Wildman–Crippen LogP) is 7.04. The normalized spacial score (nSPS) is 14.3. The molecule has 0 spiro atoms. The van der Waals surface area contributed by atoms with E-state index in [2.05, 4.69) is 52.6 Å². The summed E-state index contributed by atoms with van der Waals surface area (Å²) >= 11 is 1.59. The molecular weight excluding hydrogens is 516 g/mol. The molecule has 5 aromatic rings. The number of hydrogen-bond acceptors (Lipinski definition) is 7. The smallest absolute Gasteiger partial charge is 0.251 e. The summed E-state index contributed by atoms with van der Waals surface area (Å²) in [6.45, 7) is 4.21. The van der Waals surface area contributed by atoms with Crippen molar-refractivity contribution < 1.29 is 4.79 Å². The third-order valence-corrected chi connectivity index (χ3v) is 8.23. The Hall–Kier alpha value is -4.43. The van der Waals surface area contributed by atoms with Crippen LogP contribution in [0.15, 0.2) is 95.0 Å². The number of fused-ring (bicyclic) bond motifs is 2. The van der Waals surface area contributed by atoms with E-state index < -0.39 is 0 Å². The summed E-state index contributed by atoms with van der Waals surface area (Å²) in [5, 5.41) is 7.54. The molecule has 1 aliphatic carbocycles. The maximum atomic E-state index is 13.4. The van der Waals surface area contributed by atoms with Crippen molar-refractivity contribution in [1.82, 2.24) is 20.3 Å². The van der Waals surface area contributed by atoms with Crippen LogP contribution in [0, 0.1) is 0 Å². The van der Waals surface area contributed by atoms with Crippen LogP contribution in [0.3, 0.4) is 0 Å². The lowest BCUT2D eigenvalue weighted by molar-refractivity contribution is 0.0936. The van der Waals surface area contributed by atoms with E-state index in [1.54, 1.807) is 11.8 Å². The number of pyridine rings is 1. The van der Waals surface area contributed by atoms with Crippen molar-refractivity contribution in [2.75, 3.05) is 11.1 Å². The van der Waals surface area contributed by atoms with Gasteiger partial charge in [0.05, 0.1) is 17.1 Å². The van der Waals surface area contributed by atoms with Crippen LogP contribution in [0.1, 0.15) is 59.4 Å². The summed E-state index contributed by atoms with van der Waals surface area (Å²) in [5.41, 5.74) is 12.1. The molecule has 1 aliphatic rings. The maximum absolute atomic E-state index is 13.4. The van der Waals surface area contributed by atoms with Crippen LogP contribution in [0.5, 0.6) is 0 Å². The van der Waals surface area contributed by atoms with E-state index in [9.17, 15) is 4.79 Å². The minimum Gasteiger partial charge on any atom is -0.399 e. The number of nitrogen functional groups attached to an aromatic ring is 1. The van der Waals surface area contributed by atoms with Gasteiger partial charge in [0.2, 0.25) is 0 Å². The van der Waals surface area contributed by atoms with Crippen molar-refractivity contribution in [1.29, 1.82) is 0 Å². The summed E-state index contributed by atoms with van der Waals surface area (Å²) < 4.78 is 0. The van der Waals surface area contributed by atoms with Crippen molar-refractivity contribution in [3.05, 3.63) is 108 Å². The summed E-state index contributed by atoms with van der Waals surface area (Å²) in [5.74, 6) is 0.819. The number of hydrogen-bond donors (Lipinski definition) is 3. The molecule has 0 fully saturated rings. The molecule has 2 heterocycles. The molecule has 2 aromatic heterocycles. The van der Waals surface area contributed by atoms with Gasteiger partial charge in [-0.3, -0.25) is 4.79 Å². The molecule has 1 amide bonds. The Balaban J connectivity index is 1.34. The number of amides is 1. The number of nitrogens with one attached hydrogen (secondary N) is 2. The topological polar surface area (TPSA) is 106 Å². The van der Waals surface area contributed by atoms with Gasteiger partial charge in [0.25, 0.3) is 5.91 Å². The average molecular weight is 547 g/mol. The zero-order valence-corrected chi connectivity index (χ0v) is 23.2. The molecular formula is C32H30N6OS. The van der Waals surface area contributed by atoms with Crippen LogP contribution in [0.2, 0.25) is 0 Å². The van der Waals surface area contributed by atoms with E-state index in [0.29, 0.717) is 28.6 Å². The summed E-state index contributed by atoms with van der Waals surface area (Å²) in [7, 11) is 0. The van der Waals surface area contributed by atoms with Crippen LogP contribution in [-0.4, -0.2) is 20.9 Å². The number of nitrogens with two attached hydrogens (primary N) is 1. The van der Waals surface area contributed by atoms with E-state index in [1.807, 2.05) is 60.7 Å². The SMILES string of the molecule is CC(C)c1ccc2c(Nc3cc(C(=O)N[C@H]4CCc5ccccc54)ccc3Sc3ccc(N)cc3)ncnc2n1. The predicted molar refractivity (Wildman–Crippen MR) is 161 cm³/mol. The zero-order valence-electron chi connectivity index (χ0n) is 22.4. The molecule has 0 radical (unpaired) electrons. The highest BCUT2D eigenvalue weighted by Gasteiger charge is 2.24. The van der Waals surface area contributed by atoms with Crippen LogP contribution in [-0.2, 0) is 6.42 Å². The molecule has 8 heteroatoms. The lowest BCUT2D eigenvalue weighted by Gasteiger charge is -2.17. The number of nitrogens with zero attached hydrogens (tertiary/aromatic N) is 3. The minimum absolute atomic E-state index is 0.0102. The molecule has 0 unspecified atom stereocenters. The van der Waals surface area contributed by atoms with Gasteiger partial charge in [-0.15, -0.1) is 0 Å². The standard InChI is InChI=1S/C32H30N6OS/c1-19(2)26-15-13-25-30(36-26)34-18-35-31(25)37-28-17-21(8-16-29(28)40-23-11-9-22(33)10-12-23)32(39)38-27-14-7-20-5-3-4-6-24(20)27/h3-6,8-13,15-19,27H,7,14,33H2,1-2H3,(H,38,39)(H,34,35,36,37)/t27-/m0/s1. The first-order valence-electron chi connectivity index (χ1n) is 13.4. The van der Waals surface area contributed by atoms with Gasteiger partial charge >= 0.3 is 0 Å². The van der Waals surface area contributed by atoms with Crippen LogP contribution in [0.4, 0.5) is 17.2 Å². The fourth-order valence-corrected chi connectivity index (χ4v) is 5.86. The Morgan fingerprint density at radius 3 is 2.65 bits per heavy atom. The highest BCUT2D eigenvalue weighted by Crippen LogP contribution is 2.37. The van der Waals surface area contributed by atoms with Crippen molar-refractivity contribution in [3.8, 4) is 0 Å². The Bertz CT molecular complexity index is 1700. The number of carbonyl (C=O) groups excluding carboxylic acids is 1. The highest BCUT2D eigenvalue weighted by molar-refractivity contribution is 7.99. The Kier molecular flexibility index (Phi) is 7.09. The van der Waals surface area contributed by atoms with E-state index in [4.69, 9.17) is 10.7 Å². The van der Waals surface area contributed by atoms with E-state index in [-0.39, 0.29) is 11.9 Å². The number of rotatable bonds is 7. The number of benzene rings is 3. The number of aryl methyl sites for hydroxylation is 1. The largest absolute Gasteiger partial charge is 0.399 e. The molecule has 4 N–H and O–H groups in total. The van der Waals surface area contributed by atoms with Crippen LogP contribution in [0.25, 0.3) is 11.0 Å².